The Morgan fingerprint density at radius 1 is 0.632 bits per heavy atom. The van der Waals surface area contributed by atoms with E-state index in [1.165, 1.54) is 10.9 Å². The molecule has 0 aliphatic carbocycles. The highest BCUT2D eigenvalue weighted by Crippen LogP contribution is 2.42. The SMILES string of the molecule is C[n+]1[c-]n2c(-c3cccc(Oc4ccc5c6ccccc6n(-c6cc(C(C)(C)C)ccn6)c5c4)c3)coc2c1-c1c(-c2ccccc2)cccc1-c1ccccc1. The number of pyridine rings is 1. The Kier molecular flexibility index (Phi) is 8.15. The molecule has 0 radical (unpaired) electrons. The first-order valence-corrected chi connectivity index (χ1v) is 19.3. The second kappa shape index (κ2) is 13.5. The Balaban J connectivity index is 1.05. The molecule has 6 aromatic carbocycles. The van der Waals surface area contributed by atoms with Crippen molar-refractivity contribution in [3.8, 4) is 62.1 Å². The number of nitrogens with zero attached hydrogens (tertiary/aromatic N) is 4. The van der Waals surface area contributed by atoms with Gasteiger partial charge in [-0.3, -0.25) is 8.97 Å². The number of oxazole rings is 1. The summed E-state index contributed by atoms with van der Waals surface area (Å²) in [5.41, 5.74) is 12.4. The van der Waals surface area contributed by atoms with Crippen molar-refractivity contribution in [2.24, 2.45) is 7.05 Å². The van der Waals surface area contributed by atoms with Crippen molar-refractivity contribution in [2.75, 3.05) is 0 Å². The summed E-state index contributed by atoms with van der Waals surface area (Å²) < 4.78 is 19.4. The Bertz CT molecular complexity index is 3030. The Morgan fingerprint density at radius 2 is 1.28 bits per heavy atom. The maximum atomic E-state index is 6.64. The Morgan fingerprint density at radius 3 is 2.02 bits per heavy atom. The van der Waals surface area contributed by atoms with Crippen LogP contribution in [0.15, 0.2) is 175 Å². The fourth-order valence-electron chi connectivity index (χ4n) is 8.05. The standard InChI is InChI=1S/C51H40N4O2/c1-51(2,3)37-27-28-52-47(30-37)55-44-24-12-11-21-42(44)43-26-25-39(31-45(43)55)57-38-20-13-19-36(29-38)46-32-56-50-49(53(4)33-54(46)50)48-40(34-15-7-5-8-16-34)22-14-23-41(48)35-17-9-6-10-18-35/h5-32H,1-4H3. The lowest BCUT2D eigenvalue weighted by Gasteiger charge is -2.20. The summed E-state index contributed by atoms with van der Waals surface area (Å²) in [6.07, 6.45) is 7.27. The van der Waals surface area contributed by atoms with Gasteiger partial charge in [-0.1, -0.05) is 130 Å². The van der Waals surface area contributed by atoms with Gasteiger partial charge in [-0.05, 0) is 86.8 Å². The fourth-order valence-corrected chi connectivity index (χ4v) is 8.05. The number of imidazole rings is 1. The van der Waals surface area contributed by atoms with Gasteiger partial charge in [-0.15, -0.1) is 0 Å². The third-order valence-electron chi connectivity index (χ3n) is 10.8. The first-order chi connectivity index (χ1) is 27.8. The summed E-state index contributed by atoms with van der Waals surface area (Å²) in [6, 6.07) is 54.8. The molecule has 10 rings (SSSR count). The molecule has 0 unspecified atom stereocenters. The molecule has 4 aromatic heterocycles. The van der Waals surface area contributed by atoms with E-state index in [4.69, 9.17) is 14.1 Å². The smallest absolute Gasteiger partial charge is 0.246 e. The first-order valence-electron chi connectivity index (χ1n) is 19.3. The monoisotopic (exact) mass is 740 g/mol. The van der Waals surface area contributed by atoms with Crippen LogP contribution in [0.3, 0.4) is 0 Å². The average molecular weight is 741 g/mol. The van der Waals surface area contributed by atoms with E-state index in [-0.39, 0.29) is 5.41 Å². The van der Waals surface area contributed by atoms with E-state index in [1.54, 1.807) is 0 Å². The lowest BCUT2D eigenvalue weighted by Crippen LogP contribution is -2.28. The van der Waals surface area contributed by atoms with E-state index in [9.17, 15) is 0 Å². The summed E-state index contributed by atoms with van der Waals surface area (Å²) in [5.74, 6) is 2.34. The van der Waals surface area contributed by atoms with Crippen LogP contribution in [0.5, 0.6) is 11.5 Å². The second-order valence-electron chi connectivity index (χ2n) is 15.5. The number of ether oxygens (including phenoxy) is 1. The van der Waals surface area contributed by atoms with Crippen LogP contribution in [0, 0.1) is 6.33 Å². The number of aryl methyl sites for hydroxylation is 1. The minimum Gasteiger partial charge on any atom is -0.484 e. The Hall–Kier alpha value is -7.18. The van der Waals surface area contributed by atoms with Gasteiger partial charge >= 0.3 is 0 Å². The van der Waals surface area contributed by atoms with E-state index < -0.39 is 0 Å². The molecule has 0 aliphatic rings. The van der Waals surface area contributed by atoms with E-state index >= 15 is 0 Å². The highest BCUT2D eigenvalue weighted by molar-refractivity contribution is 6.09. The summed E-state index contributed by atoms with van der Waals surface area (Å²) in [6.45, 7) is 6.69. The highest BCUT2D eigenvalue weighted by Gasteiger charge is 2.23. The van der Waals surface area contributed by atoms with Crippen molar-refractivity contribution in [1.29, 1.82) is 0 Å². The van der Waals surface area contributed by atoms with Crippen LogP contribution < -0.4 is 9.30 Å². The molecule has 0 saturated carbocycles. The molecule has 57 heavy (non-hydrogen) atoms. The van der Waals surface area contributed by atoms with Gasteiger partial charge in [0.15, 0.2) is 0 Å². The van der Waals surface area contributed by atoms with Gasteiger partial charge in [0.1, 0.15) is 23.0 Å². The quantitative estimate of drug-likeness (QED) is 0.121. The zero-order valence-electron chi connectivity index (χ0n) is 32.3. The van der Waals surface area contributed by atoms with E-state index in [0.717, 1.165) is 72.8 Å². The molecule has 0 bridgehead atoms. The van der Waals surface area contributed by atoms with E-state index in [2.05, 4.69) is 159 Å². The van der Waals surface area contributed by atoms with Gasteiger partial charge in [-0.25, -0.2) is 4.98 Å². The molecule has 0 spiro atoms. The van der Waals surface area contributed by atoms with Crippen LogP contribution in [-0.4, -0.2) is 14.0 Å². The van der Waals surface area contributed by atoms with Crippen LogP contribution in [0.1, 0.15) is 26.3 Å². The summed E-state index contributed by atoms with van der Waals surface area (Å²) in [5, 5.41) is 2.32. The maximum Gasteiger partial charge on any atom is 0.246 e. The van der Waals surface area contributed by atoms with Crippen LogP contribution in [0.25, 0.3) is 78.1 Å². The molecule has 0 fully saturated rings. The lowest BCUT2D eigenvalue weighted by atomic mass is 9.88. The van der Waals surface area contributed by atoms with Crippen LogP contribution in [0.2, 0.25) is 0 Å². The average Bonchev–Trinajstić information content (AvgIpc) is 3.90. The molecule has 6 heteroatoms. The number of para-hydroxylation sites is 1. The van der Waals surface area contributed by atoms with Crippen molar-refractivity contribution in [1.82, 2.24) is 14.0 Å². The molecule has 4 heterocycles. The molecular formula is C51H40N4O2. The van der Waals surface area contributed by atoms with Crippen molar-refractivity contribution >= 4 is 27.5 Å². The van der Waals surface area contributed by atoms with E-state index in [0.29, 0.717) is 11.5 Å². The Labute approximate surface area is 331 Å². The fraction of sp³-hybridized carbons (Fsp3) is 0.0980. The number of fused-ring (bicyclic) bond motifs is 4. The maximum absolute atomic E-state index is 6.64. The van der Waals surface area contributed by atoms with E-state index in [1.807, 2.05) is 58.8 Å². The molecule has 6 nitrogen and oxygen atoms in total. The molecule has 0 saturated heterocycles. The molecule has 10 aromatic rings. The lowest BCUT2D eigenvalue weighted by molar-refractivity contribution is -0.663. The minimum atomic E-state index is -0.00852. The van der Waals surface area contributed by atoms with Gasteiger partial charge in [0.05, 0.1) is 30.0 Å². The van der Waals surface area contributed by atoms with Crippen LogP contribution in [-0.2, 0) is 12.5 Å². The second-order valence-corrected chi connectivity index (χ2v) is 15.5. The highest BCUT2D eigenvalue weighted by atomic mass is 16.5. The van der Waals surface area contributed by atoms with Crippen molar-refractivity contribution in [2.45, 2.75) is 26.2 Å². The molecule has 0 aliphatic heterocycles. The minimum absolute atomic E-state index is 0.00852. The number of aromatic nitrogens is 4. The topological polar surface area (TPSA) is 48.5 Å². The van der Waals surface area contributed by atoms with Crippen molar-refractivity contribution in [3.05, 3.63) is 182 Å². The number of hydrogen-bond acceptors (Lipinski definition) is 3. The molecule has 0 amide bonds. The molecular weight excluding hydrogens is 701 g/mol. The zero-order chi connectivity index (χ0) is 38.7. The predicted octanol–water partition coefficient (Wildman–Crippen LogP) is 12.4. The summed E-state index contributed by atoms with van der Waals surface area (Å²) >= 11 is 0. The first kappa shape index (κ1) is 34.3. The van der Waals surface area contributed by atoms with Crippen molar-refractivity contribution < 1.29 is 13.7 Å². The van der Waals surface area contributed by atoms with Gasteiger partial charge in [0, 0.05) is 23.0 Å². The van der Waals surface area contributed by atoms with Crippen LogP contribution in [0.4, 0.5) is 0 Å². The largest absolute Gasteiger partial charge is 0.484 e. The molecule has 0 N–H and O–H groups in total. The van der Waals surface area contributed by atoms with Crippen LogP contribution >= 0.6 is 0 Å². The molecule has 276 valence electrons. The van der Waals surface area contributed by atoms with Gasteiger partial charge < -0.3 is 13.7 Å². The molecule has 0 atom stereocenters. The third-order valence-corrected chi connectivity index (χ3v) is 10.8. The van der Waals surface area contributed by atoms with Gasteiger partial charge in [0.2, 0.25) is 12.0 Å². The zero-order valence-corrected chi connectivity index (χ0v) is 32.3. The third kappa shape index (κ3) is 5.98. The predicted molar refractivity (Wildman–Crippen MR) is 229 cm³/mol. The number of hydrogen-bond donors (Lipinski definition) is 0. The normalized spacial score (nSPS) is 11.9. The van der Waals surface area contributed by atoms with Crippen molar-refractivity contribution in [3.63, 3.8) is 0 Å². The summed E-state index contributed by atoms with van der Waals surface area (Å²) in [4.78, 5) is 4.85. The summed E-state index contributed by atoms with van der Waals surface area (Å²) in [7, 11) is 2.03. The van der Waals surface area contributed by atoms with Gasteiger partial charge in [-0.2, -0.15) is 0 Å². The number of benzene rings is 6. The number of rotatable bonds is 7. The van der Waals surface area contributed by atoms with Gasteiger partial charge in [0.25, 0.3) is 0 Å².